The third-order valence-corrected chi connectivity index (χ3v) is 36.8. The third-order valence-electron chi connectivity index (χ3n) is 27.2. The lowest BCUT2D eigenvalue weighted by Gasteiger charge is -2.34. The van der Waals surface area contributed by atoms with Gasteiger partial charge in [-0.25, -0.2) is 9.32 Å². The fourth-order valence-electron chi connectivity index (χ4n) is 21.0. The summed E-state index contributed by atoms with van der Waals surface area (Å²) in [6.45, 7) is 8.63. The second-order valence-electron chi connectivity index (χ2n) is 34.5. The number of aromatic nitrogens is 4. The molecule has 0 saturated heterocycles. The minimum absolute atomic E-state index is 0.246. The van der Waals surface area contributed by atoms with E-state index in [-0.39, 0.29) is 11.3 Å². The van der Waals surface area contributed by atoms with Gasteiger partial charge in [0, 0.05) is 79.2 Å². The van der Waals surface area contributed by atoms with Crippen LogP contribution in [0, 0.1) is 17.9 Å². The van der Waals surface area contributed by atoms with E-state index in [9.17, 15) is 5.26 Å². The predicted molar refractivity (Wildman–Crippen MR) is 557 cm³/mol. The fourth-order valence-corrected chi connectivity index (χ4v) is 30.5. The van der Waals surface area contributed by atoms with Crippen LogP contribution in [0.2, 0.25) is 0 Å². The maximum absolute atomic E-state index is 17.9. The van der Waals surface area contributed by atoms with E-state index in [2.05, 4.69) is 420 Å². The Hall–Kier alpha value is -17.5. The van der Waals surface area contributed by atoms with Gasteiger partial charge in [0.05, 0.1) is 41.4 Å². The molecular weight excluding hydrogens is 1680 g/mol. The monoisotopic (exact) mass is 1760 g/mol. The molecule has 0 spiro atoms. The van der Waals surface area contributed by atoms with Crippen LogP contribution >= 0.6 is 0 Å². The highest BCUT2D eigenvalue weighted by atomic mass is 28.3. The van der Waals surface area contributed by atoms with Crippen LogP contribution in [-0.2, 0) is 0 Å². The molecular formula is C120H80B2FN10Si2+2. The summed E-state index contributed by atoms with van der Waals surface area (Å²) in [7, 11) is -4.88. The minimum atomic E-state index is -2.75. The van der Waals surface area contributed by atoms with Crippen LogP contribution in [0.15, 0.2) is 496 Å². The SMILES string of the molecule is [C-]#[N+]/C(=C(/C#N)c1ccc(N(c2ccccc2)c2ccc(-c3ccc4[n+](c3)B(F)n3c(c5cccc6c(-c7ccc([Si](c8ccccc8)(c8ccccc8)c8ccccc8)cc7)ccc3c65)=N4)cc2)cc1)c1ccc(N(c2ccccc2)c2ccc(-c3ccc4[n+](c3)[B]n3c(c5ccc(-c6ccc([Si](c7ccccc7)(c7ccccc7)c7ccccc7)cc6)c6cccc3c65)=N4)cc2)cc1. The van der Waals surface area contributed by atoms with Crippen LogP contribution in [-0.4, -0.2) is 39.9 Å². The molecule has 15 heteroatoms. The van der Waals surface area contributed by atoms with E-state index in [0.717, 1.165) is 117 Å². The molecule has 0 fully saturated rings. The van der Waals surface area contributed by atoms with E-state index < -0.39 is 23.4 Å². The number of para-hydroxylation sites is 2. The second kappa shape index (κ2) is 33.8. The van der Waals surface area contributed by atoms with Crippen molar-refractivity contribution in [3.05, 3.63) is 519 Å². The number of fused-ring (bicyclic) bond motifs is 8. The fraction of sp³-hybridized carbons (Fsp3) is 0. The molecule has 0 saturated carbocycles. The molecule has 0 aliphatic carbocycles. The van der Waals surface area contributed by atoms with Crippen molar-refractivity contribution in [2.24, 2.45) is 9.98 Å². The van der Waals surface area contributed by atoms with E-state index in [1.807, 2.05) is 103 Å². The first kappa shape index (κ1) is 80.8. The molecule has 22 aromatic rings. The minimum Gasteiger partial charge on any atom is -0.311 e. The number of nitriles is 1. The molecule has 0 unspecified atom stereocenters. The van der Waals surface area contributed by atoms with Crippen LogP contribution in [0.5, 0.6) is 0 Å². The van der Waals surface area contributed by atoms with Crippen molar-refractivity contribution in [3.63, 3.8) is 0 Å². The maximum Gasteiger partial charge on any atom is 0.727 e. The average molecular weight is 1760 g/mol. The topological polar surface area (TPSA) is 77.0 Å². The van der Waals surface area contributed by atoms with Gasteiger partial charge in [-0.1, -0.05) is 352 Å². The van der Waals surface area contributed by atoms with Crippen molar-refractivity contribution in [1.29, 1.82) is 5.26 Å². The van der Waals surface area contributed by atoms with Crippen LogP contribution in [0.1, 0.15) is 11.1 Å². The Morgan fingerprint density at radius 1 is 0.326 bits per heavy atom. The second-order valence-corrected chi connectivity index (χ2v) is 42.1. The molecule has 10 nitrogen and oxygen atoms in total. The first-order valence-corrected chi connectivity index (χ1v) is 49.4. The Balaban J connectivity index is 0.474. The number of rotatable bonds is 20. The largest absolute Gasteiger partial charge is 0.727 e. The zero-order valence-corrected chi connectivity index (χ0v) is 75.2. The molecule has 0 atom stereocenters. The van der Waals surface area contributed by atoms with Gasteiger partial charge in [0.25, 0.3) is 0 Å². The zero-order valence-electron chi connectivity index (χ0n) is 73.2. The van der Waals surface area contributed by atoms with E-state index in [1.54, 1.807) is 8.96 Å². The predicted octanol–water partition coefficient (Wildman–Crippen LogP) is 21.4. The molecule has 1 radical (unpaired) electrons. The van der Waals surface area contributed by atoms with Gasteiger partial charge in [-0.2, -0.15) is 5.26 Å². The number of pyridine rings is 2. The summed E-state index contributed by atoms with van der Waals surface area (Å²) in [6.07, 6.45) is 4.02. The van der Waals surface area contributed by atoms with Gasteiger partial charge in [0.1, 0.15) is 0 Å². The quantitative estimate of drug-likeness (QED) is 0.0251. The molecule has 6 heterocycles. The summed E-state index contributed by atoms with van der Waals surface area (Å²) in [5, 5.41) is 28.0. The molecule has 2 aliphatic rings. The van der Waals surface area contributed by atoms with Crippen LogP contribution in [0.25, 0.3) is 104 Å². The number of benzene rings is 18. The van der Waals surface area contributed by atoms with Gasteiger partial charge < -0.3 is 14.3 Å². The van der Waals surface area contributed by atoms with Crippen molar-refractivity contribution >= 4 is 173 Å². The van der Waals surface area contributed by atoms with E-state index in [4.69, 9.17) is 16.6 Å². The van der Waals surface area contributed by atoms with E-state index >= 15 is 4.32 Å². The van der Waals surface area contributed by atoms with Crippen molar-refractivity contribution in [3.8, 4) is 50.6 Å². The van der Waals surface area contributed by atoms with Gasteiger partial charge in [0.2, 0.25) is 16.7 Å². The summed E-state index contributed by atoms with van der Waals surface area (Å²) < 4.78 is 25.6. The summed E-state index contributed by atoms with van der Waals surface area (Å²) in [5.74, 6) is 1.36. The maximum atomic E-state index is 17.9. The van der Waals surface area contributed by atoms with Crippen molar-refractivity contribution in [1.82, 2.24) is 8.96 Å². The summed E-state index contributed by atoms with van der Waals surface area (Å²) in [4.78, 5) is 19.0. The Morgan fingerprint density at radius 3 is 1.12 bits per heavy atom. The number of hydrogen-bond acceptors (Lipinski definition) is 5. The van der Waals surface area contributed by atoms with Crippen LogP contribution in [0.4, 0.5) is 50.1 Å². The summed E-state index contributed by atoms with van der Waals surface area (Å²) in [5.41, 5.74) is 18.8. The molecule has 18 aromatic carbocycles. The number of allylic oxidation sites excluding steroid dienone is 1. The molecule has 4 aromatic heterocycles. The first-order chi connectivity index (χ1) is 66.8. The lowest BCUT2D eigenvalue weighted by molar-refractivity contribution is -0.535. The summed E-state index contributed by atoms with van der Waals surface area (Å²) >= 11 is 0. The normalized spacial score (nSPS) is 12.3. The first-order valence-electron chi connectivity index (χ1n) is 45.4. The molecule has 629 valence electrons. The standard InChI is InChI=1S/C120H80B2FN10Si2/c1-125-118(88-54-68-96(69-55-88)131(92-30-12-3-13-31-92)93-62-48-83(49-63-93)89-60-78-114-126-119-110-75-74-105(107-45-27-47-112(116(107)110)132(119)121-128(114)81-89)85-56-70-103(71-57-85)134(97-32-14-4-15-33-97,98-34-16-5-17-35-98)99-36-18-6-19-37-99)111(80-124)87-52-66-95(67-53-87)130(91-28-10-2-11-29-91)94-64-50-84(51-65-94)90-61-79-115-127-120-109-46-26-44-108-106(76-77-113(117(108)109)133(120)122(123)129(115)82-90)86-58-72-104(73-59-86)135(100-38-20-7-21-39-100,101-40-22-8-23-41-101)102-42-24-9-25-43-102/h2-79,81-82H/q+2/b118-111-. The van der Waals surface area contributed by atoms with Gasteiger partial charge >= 0.3 is 26.4 Å². The van der Waals surface area contributed by atoms with Gasteiger partial charge in [-0.3, -0.25) is 13.3 Å². The highest BCUT2D eigenvalue weighted by Gasteiger charge is 2.45. The Morgan fingerprint density at radius 2 is 0.674 bits per heavy atom. The number of nitrogens with zero attached hydrogens (tertiary/aromatic N) is 10. The molecule has 0 bridgehead atoms. The van der Waals surface area contributed by atoms with Crippen molar-refractivity contribution in [2.75, 3.05) is 9.80 Å². The van der Waals surface area contributed by atoms with Gasteiger partial charge in [-0.15, -0.1) is 0 Å². The number of halogens is 1. The highest BCUT2D eigenvalue weighted by molar-refractivity contribution is 7.20. The lowest BCUT2D eigenvalue weighted by Crippen LogP contribution is -2.74. The third kappa shape index (κ3) is 13.7. The van der Waals surface area contributed by atoms with E-state index in [1.165, 1.54) is 57.8 Å². The van der Waals surface area contributed by atoms with Gasteiger partial charge in [0.15, 0.2) is 16.1 Å². The molecule has 2 aliphatic heterocycles. The Bertz CT molecular complexity index is 8360. The molecule has 0 N–H and O–H groups in total. The van der Waals surface area contributed by atoms with Crippen LogP contribution < -0.4 is 71.2 Å². The van der Waals surface area contributed by atoms with Crippen molar-refractivity contribution in [2.45, 2.75) is 0 Å². The zero-order chi connectivity index (χ0) is 90.1. The van der Waals surface area contributed by atoms with E-state index in [0.29, 0.717) is 22.4 Å². The molecule has 24 rings (SSSR count). The Labute approximate surface area is 784 Å². The van der Waals surface area contributed by atoms with Crippen LogP contribution in [0.3, 0.4) is 0 Å². The number of hydrogen-bond donors (Lipinski definition) is 0. The lowest BCUT2D eigenvalue weighted by atomic mass is 9.96. The molecule has 135 heavy (non-hydrogen) atoms. The molecule has 0 amide bonds. The Kier molecular flexibility index (Phi) is 20.2. The highest BCUT2D eigenvalue weighted by Crippen LogP contribution is 2.43. The average Bonchev–Trinajstić information content (AvgIpc) is 1.76. The summed E-state index contributed by atoms with van der Waals surface area (Å²) in [6, 6.07) is 170. The van der Waals surface area contributed by atoms with Gasteiger partial charge in [-0.05, 0) is 216 Å². The van der Waals surface area contributed by atoms with Crippen molar-refractivity contribution < 1.29 is 13.3 Å². The number of anilines is 6. The smallest absolute Gasteiger partial charge is 0.311 e.